The SMILES string of the molecule is Cc1ccccc1NC(=O)CN1C(=O)C(C(C)C)Oc2cc([N+](=O)[O-])ccc21. The smallest absolute Gasteiger partial charge is 0.273 e. The van der Waals surface area contributed by atoms with E-state index in [1.54, 1.807) is 6.07 Å². The maximum atomic E-state index is 12.9. The summed E-state index contributed by atoms with van der Waals surface area (Å²) in [7, 11) is 0. The molecule has 28 heavy (non-hydrogen) atoms. The van der Waals surface area contributed by atoms with E-state index < -0.39 is 11.0 Å². The summed E-state index contributed by atoms with van der Waals surface area (Å²) in [4.78, 5) is 37.3. The lowest BCUT2D eigenvalue weighted by Crippen LogP contribution is -2.50. The summed E-state index contributed by atoms with van der Waals surface area (Å²) in [5.74, 6) is -0.661. The van der Waals surface area contributed by atoms with Crippen LogP contribution in [0.25, 0.3) is 0 Å². The number of hydrogen-bond acceptors (Lipinski definition) is 5. The number of nitrogens with one attached hydrogen (secondary N) is 1. The van der Waals surface area contributed by atoms with E-state index in [2.05, 4.69) is 5.32 Å². The van der Waals surface area contributed by atoms with Crippen molar-refractivity contribution in [2.45, 2.75) is 26.9 Å². The molecule has 0 spiro atoms. The van der Waals surface area contributed by atoms with Gasteiger partial charge in [0, 0.05) is 11.8 Å². The van der Waals surface area contributed by atoms with E-state index in [0.29, 0.717) is 11.4 Å². The molecule has 1 N–H and O–H groups in total. The number of anilines is 2. The van der Waals surface area contributed by atoms with Gasteiger partial charge in [-0.15, -0.1) is 0 Å². The Morgan fingerprint density at radius 3 is 2.64 bits per heavy atom. The molecular weight excluding hydrogens is 362 g/mol. The largest absolute Gasteiger partial charge is 0.478 e. The van der Waals surface area contributed by atoms with Gasteiger partial charge in [0.05, 0.1) is 16.7 Å². The molecule has 1 unspecified atom stereocenters. The Balaban J connectivity index is 1.90. The molecule has 0 aromatic heterocycles. The van der Waals surface area contributed by atoms with Crippen LogP contribution in [0, 0.1) is 23.0 Å². The van der Waals surface area contributed by atoms with Crippen molar-refractivity contribution < 1.29 is 19.2 Å². The highest BCUT2D eigenvalue weighted by molar-refractivity contribution is 6.06. The molecule has 1 heterocycles. The van der Waals surface area contributed by atoms with Crippen molar-refractivity contribution >= 4 is 28.9 Å². The van der Waals surface area contributed by atoms with E-state index in [1.165, 1.54) is 23.1 Å². The zero-order valence-electron chi connectivity index (χ0n) is 15.8. The monoisotopic (exact) mass is 383 g/mol. The van der Waals surface area contributed by atoms with Crippen LogP contribution in [0.3, 0.4) is 0 Å². The highest BCUT2D eigenvalue weighted by atomic mass is 16.6. The van der Waals surface area contributed by atoms with Crippen LogP contribution in [0.5, 0.6) is 5.75 Å². The number of amides is 2. The molecular formula is C20H21N3O5. The fourth-order valence-electron chi connectivity index (χ4n) is 3.02. The quantitative estimate of drug-likeness (QED) is 0.630. The average molecular weight is 383 g/mol. The minimum Gasteiger partial charge on any atom is -0.478 e. The molecule has 8 nitrogen and oxygen atoms in total. The summed E-state index contributed by atoms with van der Waals surface area (Å²) >= 11 is 0. The molecule has 1 aliphatic heterocycles. The number of benzene rings is 2. The third kappa shape index (κ3) is 3.80. The number of ether oxygens (including phenoxy) is 1. The first-order chi connectivity index (χ1) is 13.3. The van der Waals surface area contributed by atoms with Crippen molar-refractivity contribution in [1.82, 2.24) is 0 Å². The number of fused-ring (bicyclic) bond motifs is 1. The fraction of sp³-hybridized carbons (Fsp3) is 0.300. The van der Waals surface area contributed by atoms with Gasteiger partial charge < -0.3 is 10.1 Å². The molecule has 0 saturated heterocycles. The molecule has 0 fully saturated rings. The van der Waals surface area contributed by atoms with E-state index in [4.69, 9.17) is 4.74 Å². The lowest BCUT2D eigenvalue weighted by molar-refractivity contribution is -0.384. The maximum Gasteiger partial charge on any atom is 0.273 e. The summed E-state index contributed by atoms with van der Waals surface area (Å²) < 4.78 is 5.72. The first-order valence-electron chi connectivity index (χ1n) is 8.90. The van der Waals surface area contributed by atoms with E-state index in [0.717, 1.165) is 5.56 Å². The first-order valence-corrected chi connectivity index (χ1v) is 8.90. The molecule has 1 atom stereocenters. The number of aryl methyl sites for hydroxylation is 1. The Kier molecular flexibility index (Phi) is 5.30. The lowest BCUT2D eigenvalue weighted by atomic mass is 10.0. The van der Waals surface area contributed by atoms with Gasteiger partial charge in [-0.05, 0) is 30.5 Å². The van der Waals surface area contributed by atoms with Crippen molar-refractivity contribution in [3.8, 4) is 5.75 Å². The van der Waals surface area contributed by atoms with Crippen LogP contribution in [-0.2, 0) is 9.59 Å². The number of nitro benzene ring substituents is 1. The minimum atomic E-state index is -0.819. The van der Waals surface area contributed by atoms with Crippen LogP contribution in [-0.4, -0.2) is 29.4 Å². The van der Waals surface area contributed by atoms with Crippen LogP contribution < -0.4 is 15.0 Å². The standard InChI is InChI=1S/C20H21N3O5/c1-12(2)19-20(25)22(11-18(24)21-15-7-5-4-6-13(15)3)16-9-8-14(23(26)27)10-17(16)28-19/h4-10,12,19H,11H2,1-3H3,(H,21,24). The van der Waals surface area contributed by atoms with E-state index in [9.17, 15) is 19.7 Å². The second-order valence-electron chi connectivity index (χ2n) is 6.98. The molecule has 146 valence electrons. The molecule has 0 aliphatic carbocycles. The third-order valence-electron chi connectivity index (χ3n) is 4.53. The van der Waals surface area contributed by atoms with Gasteiger partial charge >= 0.3 is 0 Å². The van der Waals surface area contributed by atoms with Gasteiger partial charge in [0.1, 0.15) is 6.54 Å². The number of carbonyl (C=O) groups is 2. The zero-order chi connectivity index (χ0) is 20.4. The van der Waals surface area contributed by atoms with Crippen molar-refractivity contribution in [2.75, 3.05) is 16.8 Å². The van der Waals surface area contributed by atoms with Gasteiger partial charge in [0.25, 0.3) is 11.6 Å². The number of carbonyl (C=O) groups excluding carboxylic acids is 2. The van der Waals surface area contributed by atoms with Crippen LogP contribution in [0.2, 0.25) is 0 Å². The van der Waals surface area contributed by atoms with Crippen LogP contribution >= 0.6 is 0 Å². The predicted octanol–water partition coefficient (Wildman–Crippen LogP) is 3.29. The van der Waals surface area contributed by atoms with Gasteiger partial charge in [-0.3, -0.25) is 24.6 Å². The Labute approximate surface area is 162 Å². The highest BCUT2D eigenvalue weighted by Crippen LogP contribution is 2.38. The molecule has 2 aromatic rings. The van der Waals surface area contributed by atoms with E-state index in [1.807, 2.05) is 39.0 Å². The average Bonchev–Trinajstić information content (AvgIpc) is 2.65. The molecule has 3 rings (SSSR count). The second kappa shape index (κ2) is 7.67. The molecule has 2 aromatic carbocycles. The van der Waals surface area contributed by atoms with Gasteiger partial charge in [-0.1, -0.05) is 32.0 Å². The van der Waals surface area contributed by atoms with Crippen molar-refractivity contribution in [2.24, 2.45) is 5.92 Å². The lowest BCUT2D eigenvalue weighted by Gasteiger charge is -2.35. The number of nitrogens with zero attached hydrogens (tertiary/aromatic N) is 2. The van der Waals surface area contributed by atoms with Crippen molar-refractivity contribution in [1.29, 1.82) is 0 Å². The number of non-ortho nitro benzene ring substituents is 1. The number of rotatable bonds is 5. The zero-order valence-corrected chi connectivity index (χ0v) is 15.8. The maximum absolute atomic E-state index is 12.9. The second-order valence-corrected chi connectivity index (χ2v) is 6.98. The Morgan fingerprint density at radius 1 is 1.29 bits per heavy atom. The van der Waals surface area contributed by atoms with Gasteiger partial charge in [0.2, 0.25) is 5.91 Å². The molecule has 8 heteroatoms. The summed E-state index contributed by atoms with van der Waals surface area (Å²) in [6.07, 6.45) is -0.819. The van der Waals surface area contributed by atoms with Crippen molar-refractivity contribution in [3.05, 3.63) is 58.1 Å². The van der Waals surface area contributed by atoms with E-state index >= 15 is 0 Å². The van der Waals surface area contributed by atoms with Crippen LogP contribution in [0.4, 0.5) is 17.1 Å². The number of hydrogen-bond donors (Lipinski definition) is 1. The molecule has 0 bridgehead atoms. The summed E-state index contributed by atoms with van der Waals surface area (Å²) in [6, 6.07) is 11.3. The minimum absolute atomic E-state index is 0.139. The Morgan fingerprint density at radius 2 is 2.00 bits per heavy atom. The van der Waals surface area contributed by atoms with Gasteiger partial charge in [-0.25, -0.2) is 0 Å². The normalized spacial score (nSPS) is 15.8. The summed E-state index contributed by atoms with van der Waals surface area (Å²) in [5, 5.41) is 13.9. The van der Waals surface area contributed by atoms with E-state index in [-0.39, 0.29) is 35.7 Å². The Bertz CT molecular complexity index is 941. The van der Waals surface area contributed by atoms with Crippen molar-refractivity contribution in [3.63, 3.8) is 0 Å². The molecule has 1 aliphatic rings. The predicted molar refractivity (Wildman–Crippen MR) is 105 cm³/mol. The number of para-hydroxylation sites is 1. The Hall–Kier alpha value is -3.42. The molecule has 2 amide bonds. The summed E-state index contributed by atoms with van der Waals surface area (Å²) in [6.45, 7) is 5.29. The molecule has 0 saturated carbocycles. The van der Waals surface area contributed by atoms with Gasteiger partial charge in [0.15, 0.2) is 11.9 Å². The van der Waals surface area contributed by atoms with Crippen LogP contribution in [0.15, 0.2) is 42.5 Å². The van der Waals surface area contributed by atoms with Crippen LogP contribution in [0.1, 0.15) is 19.4 Å². The highest BCUT2D eigenvalue weighted by Gasteiger charge is 2.38. The molecule has 0 radical (unpaired) electrons. The summed E-state index contributed by atoms with van der Waals surface area (Å²) in [5.41, 5.74) is 1.77. The topological polar surface area (TPSA) is 102 Å². The van der Waals surface area contributed by atoms with Gasteiger partial charge in [-0.2, -0.15) is 0 Å². The fourth-order valence-corrected chi connectivity index (χ4v) is 3.02. The number of nitro groups is 1. The first kappa shape index (κ1) is 19.3. The third-order valence-corrected chi connectivity index (χ3v) is 4.53.